The third-order valence-corrected chi connectivity index (χ3v) is 4.81. The second kappa shape index (κ2) is 11.9. The van der Waals surface area contributed by atoms with E-state index in [2.05, 4.69) is 5.32 Å². The highest BCUT2D eigenvalue weighted by atomic mass is 35.5. The normalized spacial score (nSPS) is 14.0. The van der Waals surface area contributed by atoms with E-state index in [-0.39, 0.29) is 42.6 Å². The lowest BCUT2D eigenvalue weighted by molar-refractivity contribution is 0.272. The minimum Gasteiger partial charge on any atom is -0.495 e. The highest BCUT2D eigenvalue weighted by molar-refractivity contribution is 7.89. The molecule has 0 bridgehead atoms. The maximum absolute atomic E-state index is 11.8. The summed E-state index contributed by atoms with van der Waals surface area (Å²) in [5.41, 5.74) is 0.501. The van der Waals surface area contributed by atoms with E-state index in [4.69, 9.17) is 23.5 Å². The fourth-order valence-electron chi connectivity index (χ4n) is 2.62. The molecule has 0 spiro atoms. The van der Waals surface area contributed by atoms with Gasteiger partial charge in [0, 0.05) is 16.7 Å². The standard InChI is InChI=1S/C20H28N2O5S.ClH/c1-4-26-17-7-5-6-8-18(17)27-12-11-22-15(2)13-16-9-10-19(25-3)20(14-16)28(21,23)24;/h5-10,14-15,22H,4,11-13H2,1-3H3,(H2,21,23,24);1H/t15-;/m0./s1/i2D3;. The average Bonchev–Trinajstić information content (AvgIpc) is 2.70. The molecule has 2 aromatic rings. The van der Waals surface area contributed by atoms with Crippen LogP contribution in [0.1, 0.15) is 23.5 Å². The van der Waals surface area contributed by atoms with Gasteiger partial charge in [-0.2, -0.15) is 0 Å². The van der Waals surface area contributed by atoms with Gasteiger partial charge in [0.25, 0.3) is 0 Å². The van der Waals surface area contributed by atoms with Gasteiger partial charge in [-0.25, -0.2) is 13.6 Å². The fraction of sp³-hybridized carbons (Fsp3) is 0.400. The zero-order valence-electron chi connectivity index (χ0n) is 19.4. The summed E-state index contributed by atoms with van der Waals surface area (Å²) in [5.74, 6) is 1.29. The maximum Gasteiger partial charge on any atom is 0.241 e. The number of para-hydroxylation sites is 2. The molecule has 0 heterocycles. The summed E-state index contributed by atoms with van der Waals surface area (Å²) in [6.07, 6.45) is 0.0680. The number of hydrogen-bond donors (Lipinski definition) is 2. The van der Waals surface area contributed by atoms with Gasteiger partial charge in [0.1, 0.15) is 17.3 Å². The van der Waals surface area contributed by atoms with Crippen LogP contribution in [0.25, 0.3) is 0 Å². The van der Waals surface area contributed by atoms with Crippen LogP contribution in [0.4, 0.5) is 0 Å². The number of nitrogens with two attached hydrogens (primary N) is 1. The maximum atomic E-state index is 11.8. The third kappa shape index (κ3) is 7.74. The summed E-state index contributed by atoms with van der Waals surface area (Å²) >= 11 is 0. The van der Waals surface area contributed by atoms with Crippen molar-refractivity contribution in [1.82, 2.24) is 5.32 Å². The van der Waals surface area contributed by atoms with Gasteiger partial charge in [0.05, 0.1) is 13.7 Å². The van der Waals surface area contributed by atoms with Gasteiger partial charge in [-0.1, -0.05) is 18.2 Å². The molecule has 0 aliphatic heterocycles. The number of primary sulfonamides is 1. The quantitative estimate of drug-likeness (QED) is 0.514. The summed E-state index contributed by atoms with van der Waals surface area (Å²) in [5, 5.41) is 8.22. The van der Waals surface area contributed by atoms with E-state index in [0.717, 1.165) is 0 Å². The van der Waals surface area contributed by atoms with E-state index in [9.17, 15) is 8.42 Å². The summed E-state index contributed by atoms with van der Waals surface area (Å²) in [7, 11) is -2.68. The molecule has 0 saturated heterocycles. The van der Waals surface area contributed by atoms with Gasteiger partial charge >= 0.3 is 0 Å². The second-order valence-corrected chi connectivity index (χ2v) is 7.50. The van der Waals surface area contributed by atoms with Gasteiger partial charge in [-0.3, -0.25) is 0 Å². The van der Waals surface area contributed by atoms with Crippen LogP contribution >= 0.6 is 12.4 Å². The van der Waals surface area contributed by atoms with Gasteiger partial charge in [0.15, 0.2) is 11.5 Å². The van der Waals surface area contributed by atoms with Gasteiger partial charge in [-0.05, 0) is 50.0 Å². The van der Waals surface area contributed by atoms with Gasteiger partial charge < -0.3 is 19.5 Å². The first-order valence-electron chi connectivity index (χ1n) is 10.3. The smallest absolute Gasteiger partial charge is 0.241 e. The molecule has 7 nitrogen and oxygen atoms in total. The van der Waals surface area contributed by atoms with E-state index in [0.29, 0.717) is 23.7 Å². The van der Waals surface area contributed by atoms with Crippen LogP contribution in [0, 0.1) is 0 Å². The van der Waals surface area contributed by atoms with Crippen LogP contribution < -0.4 is 24.7 Å². The van der Waals surface area contributed by atoms with Crippen molar-refractivity contribution >= 4 is 22.4 Å². The molecule has 0 aliphatic carbocycles. The Hall–Kier alpha value is -2.00. The van der Waals surface area contributed by atoms with Crippen molar-refractivity contribution in [3.05, 3.63) is 48.0 Å². The number of halogens is 1. The molecule has 162 valence electrons. The molecule has 2 aromatic carbocycles. The van der Waals surface area contributed by atoms with Crippen LogP contribution in [-0.4, -0.2) is 41.3 Å². The molecule has 9 heteroatoms. The van der Waals surface area contributed by atoms with E-state index < -0.39 is 22.9 Å². The SMILES string of the molecule is Cl.[2H]C([2H])([2H])[C@@H](Cc1ccc(OC)c(S(N)(=O)=O)c1)NCCOc1ccccc1OCC. The lowest BCUT2D eigenvalue weighted by Crippen LogP contribution is -2.32. The van der Waals surface area contributed by atoms with Crippen molar-refractivity contribution in [3.63, 3.8) is 0 Å². The van der Waals surface area contributed by atoms with Crippen LogP contribution in [-0.2, 0) is 16.4 Å². The van der Waals surface area contributed by atoms with Gasteiger partial charge in [-0.15, -0.1) is 12.4 Å². The highest BCUT2D eigenvalue weighted by Crippen LogP contribution is 2.26. The molecule has 0 fully saturated rings. The predicted octanol–water partition coefficient (Wildman–Crippen LogP) is 2.76. The summed E-state index contributed by atoms with van der Waals surface area (Å²) in [6, 6.07) is 10.7. The van der Waals surface area contributed by atoms with E-state index >= 15 is 0 Å². The number of benzene rings is 2. The lowest BCUT2D eigenvalue weighted by Gasteiger charge is -2.16. The number of rotatable bonds is 11. The fourth-order valence-corrected chi connectivity index (χ4v) is 3.36. The Morgan fingerprint density at radius 3 is 2.41 bits per heavy atom. The molecule has 0 radical (unpaired) electrons. The zero-order chi connectivity index (χ0) is 23.1. The Balaban J connectivity index is 0.00000512. The van der Waals surface area contributed by atoms with Crippen LogP contribution in [0.2, 0.25) is 0 Å². The number of ether oxygens (including phenoxy) is 3. The molecule has 0 saturated carbocycles. The van der Waals surface area contributed by atoms with Crippen molar-refractivity contribution in [2.24, 2.45) is 5.14 Å². The second-order valence-electron chi connectivity index (χ2n) is 5.97. The number of sulfonamides is 1. The van der Waals surface area contributed by atoms with Gasteiger partial charge in [0.2, 0.25) is 10.0 Å². The Bertz CT molecular complexity index is 974. The molecular formula is C20H29ClN2O5S. The van der Waals surface area contributed by atoms with Crippen LogP contribution in [0.15, 0.2) is 47.4 Å². The van der Waals surface area contributed by atoms with Crippen molar-refractivity contribution in [2.75, 3.05) is 26.9 Å². The molecule has 29 heavy (non-hydrogen) atoms. The monoisotopic (exact) mass is 447 g/mol. The lowest BCUT2D eigenvalue weighted by atomic mass is 10.1. The Kier molecular flexibility index (Phi) is 8.30. The molecule has 0 unspecified atom stereocenters. The minimum atomic E-state index is -4.02. The molecule has 0 aliphatic rings. The van der Waals surface area contributed by atoms with Crippen LogP contribution in [0.5, 0.6) is 17.2 Å². The zero-order valence-corrected chi connectivity index (χ0v) is 18.0. The topological polar surface area (TPSA) is 99.9 Å². The van der Waals surface area contributed by atoms with Crippen LogP contribution in [0.3, 0.4) is 0 Å². The van der Waals surface area contributed by atoms with E-state index in [1.165, 1.54) is 19.2 Å². The average molecular weight is 448 g/mol. The third-order valence-electron chi connectivity index (χ3n) is 3.87. The molecule has 0 amide bonds. The van der Waals surface area contributed by atoms with Crippen molar-refractivity contribution in [2.45, 2.75) is 31.1 Å². The van der Waals surface area contributed by atoms with E-state index in [1.807, 2.05) is 19.1 Å². The first-order valence-corrected chi connectivity index (χ1v) is 10.4. The first kappa shape index (κ1) is 20.3. The largest absolute Gasteiger partial charge is 0.495 e. The molecule has 3 N–H and O–H groups in total. The number of nitrogens with one attached hydrogen (secondary N) is 1. The van der Waals surface area contributed by atoms with Crippen molar-refractivity contribution in [1.29, 1.82) is 0 Å². The van der Waals surface area contributed by atoms with Crippen molar-refractivity contribution in [3.8, 4) is 17.2 Å². The summed E-state index contributed by atoms with van der Waals surface area (Å²) in [4.78, 5) is -0.187. The Labute approximate surface area is 183 Å². The van der Waals surface area contributed by atoms with Crippen molar-refractivity contribution < 1.29 is 26.7 Å². The Morgan fingerprint density at radius 2 is 1.83 bits per heavy atom. The summed E-state index contributed by atoms with van der Waals surface area (Å²) in [6.45, 7) is 0.552. The molecule has 2 rings (SSSR count). The molecular weight excluding hydrogens is 416 g/mol. The first-order chi connectivity index (χ1) is 14.6. The van der Waals surface area contributed by atoms with E-state index in [1.54, 1.807) is 18.2 Å². The predicted molar refractivity (Wildman–Crippen MR) is 116 cm³/mol. The Morgan fingerprint density at radius 1 is 1.14 bits per heavy atom. The minimum absolute atomic E-state index is 0. The number of methoxy groups -OCH3 is 1. The molecule has 1 atom stereocenters. The molecule has 0 aromatic heterocycles. The highest BCUT2D eigenvalue weighted by Gasteiger charge is 2.16. The number of hydrogen-bond acceptors (Lipinski definition) is 6. The summed E-state index contributed by atoms with van der Waals surface area (Å²) < 4.78 is 63.3.